The molecule has 29 heavy (non-hydrogen) atoms. The zero-order valence-electron chi connectivity index (χ0n) is 17.9. The van der Waals surface area contributed by atoms with Crippen molar-refractivity contribution in [1.29, 1.82) is 0 Å². The monoisotopic (exact) mass is 424 g/mol. The molecule has 0 aromatic rings. The molecule has 4 rings (SSSR count). The molecule has 4 fully saturated rings. The first kappa shape index (κ1) is 22.7. The fourth-order valence-corrected chi connectivity index (χ4v) is 7.50. The second kappa shape index (κ2) is 8.30. The summed E-state index contributed by atoms with van der Waals surface area (Å²) in [6.45, 7) is 5.02. The minimum Gasteiger partial charge on any atom is -0.353 e. The molecule has 0 aromatic heterocycles. The molecule has 4 aliphatic carbocycles. The van der Waals surface area contributed by atoms with Crippen LogP contribution < -0.4 is 11.1 Å². The third-order valence-corrected chi connectivity index (χ3v) is 9.14. The van der Waals surface area contributed by atoms with Gasteiger partial charge in [-0.15, -0.1) is 12.4 Å². The largest absolute Gasteiger partial charge is 0.353 e. The van der Waals surface area contributed by atoms with Gasteiger partial charge >= 0.3 is 0 Å². The quantitative estimate of drug-likeness (QED) is 0.723. The maximum Gasteiger partial charge on any atom is 0.220 e. The lowest BCUT2D eigenvalue weighted by molar-refractivity contribution is -0.157. The van der Waals surface area contributed by atoms with Crippen molar-refractivity contribution in [2.24, 2.45) is 40.2 Å². The van der Waals surface area contributed by atoms with Crippen LogP contribution in [0.2, 0.25) is 0 Å². The highest BCUT2D eigenvalue weighted by atomic mass is 35.5. The van der Waals surface area contributed by atoms with Gasteiger partial charge in [0, 0.05) is 36.6 Å². The molecule has 0 spiro atoms. The van der Waals surface area contributed by atoms with Crippen molar-refractivity contribution in [3.05, 3.63) is 0 Å². The molecule has 1 amide bonds. The zero-order chi connectivity index (χ0) is 20.1. The maximum atomic E-state index is 13.3. The van der Waals surface area contributed by atoms with E-state index >= 15 is 0 Å². The molecule has 4 aliphatic rings. The number of nitrogens with two attached hydrogens (primary N) is 1. The summed E-state index contributed by atoms with van der Waals surface area (Å²) >= 11 is 0. The average Bonchev–Trinajstić information content (AvgIpc) is 2.96. The van der Waals surface area contributed by atoms with Crippen LogP contribution in [0.3, 0.4) is 0 Å². The number of Topliss-reactive ketones (excluding diaryl/α,β-unsaturated/α-hetero) is 2. The van der Waals surface area contributed by atoms with Gasteiger partial charge in [-0.1, -0.05) is 13.8 Å². The highest BCUT2D eigenvalue weighted by molar-refractivity contribution is 5.88. The summed E-state index contributed by atoms with van der Waals surface area (Å²) < 4.78 is 0. The van der Waals surface area contributed by atoms with Gasteiger partial charge < -0.3 is 11.1 Å². The Kier molecular flexibility index (Phi) is 6.51. The van der Waals surface area contributed by atoms with E-state index in [9.17, 15) is 14.4 Å². The van der Waals surface area contributed by atoms with E-state index in [4.69, 9.17) is 5.73 Å². The minimum absolute atomic E-state index is 0. The number of amides is 1. The Balaban J connectivity index is 0.00000240. The van der Waals surface area contributed by atoms with Gasteiger partial charge in [-0.3, -0.25) is 14.4 Å². The maximum absolute atomic E-state index is 13.3. The fourth-order valence-electron chi connectivity index (χ4n) is 7.50. The Bertz CT molecular complexity index is 683. The number of halogens is 1. The van der Waals surface area contributed by atoms with Crippen molar-refractivity contribution in [3.8, 4) is 0 Å². The molecule has 2 unspecified atom stereocenters. The molecule has 7 atom stereocenters. The Morgan fingerprint density at radius 2 is 1.90 bits per heavy atom. The van der Waals surface area contributed by atoms with E-state index in [1.807, 2.05) is 0 Å². The lowest BCUT2D eigenvalue weighted by atomic mass is 9.45. The highest BCUT2D eigenvalue weighted by Crippen LogP contribution is 2.64. The number of nitrogens with one attached hydrogen (secondary N) is 1. The van der Waals surface area contributed by atoms with Gasteiger partial charge in [0.25, 0.3) is 0 Å². The van der Waals surface area contributed by atoms with Crippen molar-refractivity contribution in [2.75, 3.05) is 6.54 Å². The Hall–Kier alpha value is -0.940. The van der Waals surface area contributed by atoms with Crippen molar-refractivity contribution in [3.63, 3.8) is 0 Å². The van der Waals surface area contributed by atoms with Gasteiger partial charge in [0.1, 0.15) is 11.6 Å². The summed E-state index contributed by atoms with van der Waals surface area (Å²) in [7, 11) is 0. The number of ketones is 2. The molecule has 0 aromatic carbocycles. The third kappa shape index (κ3) is 3.67. The summed E-state index contributed by atoms with van der Waals surface area (Å²) in [4.78, 5) is 37.9. The first-order valence-electron chi connectivity index (χ1n) is 11.3. The molecule has 0 radical (unpaired) electrons. The summed E-state index contributed by atoms with van der Waals surface area (Å²) in [5.41, 5.74) is 5.36. The minimum atomic E-state index is -0.182. The molecule has 0 saturated heterocycles. The number of carbonyl (C=O) groups excluding carboxylic acids is 3. The van der Waals surface area contributed by atoms with Crippen LogP contribution in [0.5, 0.6) is 0 Å². The Labute approximate surface area is 180 Å². The smallest absolute Gasteiger partial charge is 0.220 e. The third-order valence-electron chi connectivity index (χ3n) is 9.14. The van der Waals surface area contributed by atoms with Crippen LogP contribution in [0, 0.1) is 34.5 Å². The number of rotatable bonds is 4. The normalized spacial score (nSPS) is 43.6. The predicted molar refractivity (Wildman–Crippen MR) is 115 cm³/mol. The highest BCUT2D eigenvalue weighted by Gasteiger charge is 2.62. The van der Waals surface area contributed by atoms with Crippen LogP contribution in [-0.4, -0.2) is 30.1 Å². The Morgan fingerprint density at radius 1 is 1.14 bits per heavy atom. The van der Waals surface area contributed by atoms with Gasteiger partial charge in [-0.25, -0.2) is 0 Å². The van der Waals surface area contributed by atoms with Crippen LogP contribution in [-0.2, 0) is 14.4 Å². The molecule has 4 saturated carbocycles. The van der Waals surface area contributed by atoms with Crippen LogP contribution >= 0.6 is 12.4 Å². The van der Waals surface area contributed by atoms with E-state index in [0.717, 1.165) is 38.5 Å². The number of fused-ring (bicyclic) bond motifs is 5. The van der Waals surface area contributed by atoms with Gasteiger partial charge in [0.05, 0.1) is 0 Å². The van der Waals surface area contributed by atoms with Gasteiger partial charge in [-0.05, 0) is 74.7 Å². The first-order valence-corrected chi connectivity index (χ1v) is 11.3. The van der Waals surface area contributed by atoms with Crippen LogP contribution in [0.4, 0.5) is 0 Å². The van der Waals surface area contributed by atoms with Crippen LogP contribution in [0.25, 0.3) is 0 Å². The number of hydrogen-bond donors (Lipinski definition) is 2. The molecule has 0 aliphatic heterocycles. The molecular formula is C23H37ClN2O3. The van der Waals surface area contributed by atoms with Gasteiger partial charge in [-0.2, -0.15) is 0 Å². The second-order valence-electron chi connectivity index (χ2n) is 10.5. The summed E-state index contributed by atoms with van der Waals surface area (Å²) in [6, 6.07) is 0.116. The molecule has 164 valence electrons. The molecule has 3 N–H and O–H groups in total. The zero-order valence-corrected chi connectivity index (χ0v) is 18.7. The number of carbonyl (C=O) groups is 3. The van der Waals surface area contributed by atoms with Crippen LogP contribution in [0.1, 0.15) is 78.1 Å². The fraction of sp³-hybridized carbons (Fsp3) is 0.870. The van der Waals surface area contributed by atoms with Crippen molar-refractivity contribution < 1.29 is 14.4 Å². The number of hydrogen-bond acceptors (Lipinski definition) is 4. The molecule has 6 heteroatoms. The van der Waals surface area contributed by atoms with Crippen molar-refractivity contribution in [2.45, 2.75) is 84.1 Å². The molecule has 0 bridgehead atoms. The lowest BCUT2D eigenvalue weighted by Crippen LogP contribution is -2.58. The summed E-state index contributed by atoms with van der Waals surface area (Å²) in [6.07, 6.45) is 8.33. The van der Waals surface area contributed by atoms with E-state index in [0.29, 0.717) is 61.5 Å². The average molecular weight is 425 g/mol. The van der Waals surface area contributed by atoms with E-state index < -0.39 is 0 Å². The molecule has 0 heterocycles. The predicted octanol–water partition coefficient (Wildman–Crippen LogP) is 3.42. The molecular weight excluding hydrogens is 388 g/mol. The van der Waals surface area contributed by atoms with Gasteiger partial charge in [0.2, 0.25) is 5.91 Å². The lowest BCUT2D eigenvalue weighted by Gasteiger charge is -2.59. The Morgan fingerprint density at radius 3 is 2.62 bits per heavy atom. The van der Waals surface area contributed by atoms with Crippen molar-refractivity contribution in [1.82, 2.24) is 5.32 Å². The van der Waals surface area contributed by atoms with Crippen LogP contribution in [0.15, 0.2) is 0 Å². The van der Waals surface area contributed by atoms with E-state index in [-0.39, 0.29) is 41.1 Å². The topological polar surface area (TPSA) is 89.3 Å². The molecule has 5 nitrogen and oxygen atoms in total. The summed E-state index contributed by atoms with van der Waals surface area (Å²) in [5, 5.41) is 3.15. The van der Waals surface area contributed by atoms with Gasteiger partial charge in [0.15, 0.2) is 0 Å². The second-order valence-corrected chi connectivity index (χ2v) is 10.5. The van der Waals surface area contributed by atoms with E-state index in [1.54, 1.807) is 0 Å². The first-order chi connectivity index (χ1) is 13.3. The standard InChI is InChI=1S/C23H36N2O3.ClH/c1-22-9-7-14(25-21(28)4-3-11-24)12-18(22)19(26)13-15-16-5-6-20(27)23(16,2)10-8-17(15)22;/h14-18H,3-13,24H2,1-2H3,(H,25,28);1H/t14?,15-,16-,17+,18?,22+,23-;/m0./s1. The van der Waals surface area contributed by atoms with E-state index in [2.05, 4.69) is 19.2 Å². The van der Waals surface area contributed by atoms with E-state index in [1.165, 1.54) is 0 Å². The summed E-state index contributed by atoms with van der Waals surface area (Å²) in [5.74, 6) is 2.27. The van der Waals surface area contributed by atoms with Crippen molar-refractivity contribution >= 4 is 29.9 Å². The SMILES string of the molecule is C[C@]12CCC(NC(=O)CCCN)CC1C(=O)C[C@@H]1[C@H]2CC[C@]2(C)C(=O)CC[C@@H]12.Cl.